The Bertz CT molecular complexity index is 634. The van der Waals surface area contributed by atoms with Gasteiger partial charge in [0, 0.05) is 19.1 Å². The third kappa shape index (κ3) is 2.87. The SMILES string of the molecule is CC(Sc1nnnn1C1CCOCC1)c1nc(C2CC2)no1. The number of rotatable bonds is 5. The second-order valence-electron chi connectivity index (χ2n) is 5.77. The van der Waals surface area contributed by atoms with Gasteiger partial charge in [-0.05, 0) is 43.0 Å². The molecule has 3 heterocycles. The fourth-order valence-corrected chi connectivity index (χ4v) is 3.44. The normalized spacial score (nSPS) is 21.1. The highest BCUT2D eigenvalue weighted by atomic mass is 32.2. The molecule has 1 atom stereocenters. The molecule has 1 aliphatic heterocycles. The fraction of sp³-hybridized carbons (Fsp3) is 0.769. The van der Waals surface area contributed by atoms with E-state index in [4.69, 9.17) is 9.26 Å². The van der Waals surface area contributed by atoms with Crippen LogP contribution in [0.25, 0.3) is 0 Å². The molecule has 4 rings (SSSR count). The Kier molecular flexibility index (Phi) is 3.83. The molecule has 22 heavy (non-hydrogen) atoms. The van der Waals surface area contributed by atoms with Crippen LogP contribution in [0.5, 0.6) is 0 Å². The van der Waals surface area contributed by atoms with Crippen LogP contribution < -0.4 is 0 Å². The van der Waals surface area contributed by atoms with Gasteiger partial charge in [0.25, 0.3) is 0 Å². The molecule has 0 aromatic carbocycles. The van der Waals surface area contributed by atoms with Gasteiger partial charge in [-0.25, -0.2) is 4.68 Å². The summed E-state index contributed by atoms with van der Waals surface area (Å²) < 4.78 is 12.7. The molecule has 2 aromatic heterocycles. The van der Waals surface area contributed by atoms with E-state index in [2.05, 4.69) is 25.7 Å². The Morgan fingerprint density at radius 3 is 2.82 bits per heavy atom. The average molecular weight is 322 g/mol. The highest BCUT2D eigenvalue weighted by Gasteiger charge is 2.30. The second-order valence-corrected chi connectivity index (χ2v) is 7.08. The van der Waals surface area contributed by atoms with Crippen LogP contribution in [0.15, 0.2) is 9.68 Å². The van der Waals surface area contributed by atoms with Crippen LogP contribution in [-0.2, 0) is 4.74 Å². The van der Waals surface area contributed by atoms with Crippen molar-refractivity contribution in [3.05, 3.63) is 11.7 Å². The van der Waals surface area contributed by atoms with Gasteiger partial charge in [-0.2, -0.15) is 4.98 Å². The number of tetrazole rings is 1. The van der Waals surface area contributed by atoms with E-state index in [1.54, 1.807) is 11.8 Å². The highest BCUT2D eigenvalue weighted by Crippen LogP contribution is 2.40. The molecule has 9 heteroatoms. The van der Waals surface area contributed by atoms with Crippen LogP contribution in [0.3, 0.4) is 0 Å². The number of ether oxygens (including phenoxy) is 1. The minimum Gasteiger partial charge on any atom is -0.381 e. The molecule has 2 aliphatic rings. The van der Waals surface area contributed by atoms with E-state index < -0.39 is 0 Å². The smallest absolute Gasteiger partial charge is 0.239 e. The summed E-state index contributed by atoms with van der Waals surface area (Å²) in [6.07, 6.45) is 4.23. The lowest BCUT2D eigenvalue weighted by atomic mass is 10.1. The summed E-state index contributed by atoms with van der Waals surface area (Å²) in [4.78, 5) is 4.50. The van der Waals surface area contributed by atoms with Crippen molar-refractivity contribution in [3.63, 3.8) is 0 Å². The number of aromatic nitrogens is 6. The van der Waals surface area contributed by atoms with E-state index >= 15 is 0 Å². The fourth-order valence-electron chi connectivity index (χ4n) is 2.55. The number of hydrogen-bond acceptors (Lipinski definition) is 8. The molecule has 118 valence electrons. The average Bonchev–Trinajstić information content (AvgIpc) is 3.10. The van der Waals surface area contributed by atoms with Crippen LogP contribution in [0, 0.1) is 0 Å². The third-order valence-electron chi connectivity index (χ3n) is 4.03. The Hall–Kier alpha value is -1.48. The van der Waals surface area contributed by atoms with Crippen LogP contribution in [-0.4, -0.2) is 43.6 Å². The molecular weight excluding hydrogens is 304 g/mol. The third-order valence-corrected chi connectivity index (χ3v) is 5.06. The number of thioether (sulfide) groups is 1. The highest BCUT2D eigenvalue weighted by molar-refractivity contribution is 7.99. The van der Waals surface area contributed by atoms with E-state index in [1.807, 2.05) is 11.6 Å². The molecule has 1 saturated heterocycles. The van der Waals surface area contributed by atoms with Gasteiger partial charge < -0.3 is 9.26 Å². The molecular formula is C13H18N6O2S. The van der Waals surface area contributed by atoms with Crippen LogP contribution in [0.4, 0.5) is 0 Å². The first kappa shape index (κ1) is 14.1. The van der Waals surface area contributed by atoms with Crippen LogP contribution in [0.2, 0.25) is 0 Å². The molecule has 2 fully saturated rings. The van der Waals surface area contributed by atoms with Gasteiger partial charge in [-0.15, -0.1) is 5.10 Å². The molecule has 0 N–H and O–H groups in total. The Labute approximate surface area is 132 Å². The van der Waals surface area contributed by atoms with Gasteiger partial charge in [0.05, 0.1) is 11.3 Å². The predicted octanol–water partition coefficient (Wildman–Crippen LogP) is 2.14. The molecule has 8 nitrogen and oxygen atoms in total. The molecule has 0 amide bonds. The van der Waals surface area contributed by atoms with Gasteiger partial charge in [-0.3, -0.25) is 0 Å². The number of hydrogen-bond donors (Lipinski definition) is 0. The molecule has 1 aliphatic carbocycles. The predicted molar refractivity (Wildman–Crippen MR) is 77.5 cm³/mol. The van der Waals surface area contributed by atoms with Crippen molar-refractivity contribution < 1.29 is 9.26 Å². The summed E-state index contributed by atoms with van der Waals surface area (Å²) in [5, 5.41) is 17.0. The van der Waals surface area contributed by atoms with Gasteiger partial charge in [-0.1, -0.05) is 16.9 Å². The molecule has 0 bridgehead atoms. The van der Waals surface area contributed by atoms with Crippen molar-refractivity contribution in [2.24, 2.45) is 0 Å². The molecule has 1 saturated carbocycles. The lowest BCUT2D eigenvalue weighted by molar-refractivity contribution is 0.0631. The van der Waals surface area contributed by atoms with Crippen molar-refractivity contribution in [2.75, 3.05) is 13.2 Å². The lowest BCUT2D eigenvalue weighted by Crippen LogP contribution is -2.21. The summed E-state index contributed by atoms with van der Waals surface area (Å²) in [5.74, 6) is 1.99. The first-order chi connectivity index (χ1) is 10.8. The van der Waals surface area contributed by atoms with Crippen molar-refractivity contribution in [2.45, 2.75) is 55.0 Å². The first-order valence-electron chi connectivity index (χ1n) is 7.67. The first-order valence-corrected chi connectivity index (χ1v) is 8.55. The largest absolute Gasteiger partial charge is 0.381 e. The standard InChI is InChI=1S/C13H18N6O2S/c1-8(12-14-11(16-21-12)9-2-3-9)22-13-15-17-18-19(13)10-4-6-20-7-5-10/h8-10H,2-7H2,1H3. The van der Waals surface area contributed by atoms with Crippen molar-refractivity contribution in [1.29, 1.82) is 0 Å². The zero-order valence-electron chi connectivity index (χ0n) is 12.4. The summed E-state index contributed by atoms with van der Waals surface area (Å²) in [5.41, 5.74) is 0. The lowest BCUT2D eigenvalue weighted by Gasteiger charge is -2.22. The second kappa shape index (κ2) is 5.96. The number of nitrogens with zero attached hydrogens (tertiary/aromatic N) is 6. The zero-order valence-corrected chi connectivity index (χ0v) is 13.2. The topological polar surface area (TPSA) is 91.8 Å². The van der Waals surface area contributed by atoms with Crippen molar-refractivity contribution in [3.8, 4) is 0 Å². The molecule has 1 unspecified atom stereocenters. The maximum atomic E-state index is 5.40. The summed E-state index contributed by atoms with van der Waals surface area (Å²) in [7, 11) is 0. The minimum atomic E-state index is 0.0320. The molecule has 0 radical (unpaired) electrons. The van der Waals surface area contributed by atoms with Gasteiger partial charge in [0.15, 0.2) is 5.82 Å². The Balaban J connectivity index is 1.46. The zero-order chi connectivity index (χ0) is 14.9. The summed E-state index contributed by atoms with van der Waals surface area (Å²) in [6.45, 7) is 3.56. The molecule has 2 aromatic rings. The monoisotopic (exact) mass is 322 g/mol. The van der Waals surface area contributed by atoms with E-state index in [9.17, 15) is 0 Å². The van der Waals surface area contributed by atoms with E-state index in [-0.39, 0.29) is 5.25 Å². The van der Waals surface area contributed by atoms with E-state index in [0.717, 1.165) is 37.0 Å². The summed E-state index contributed by atoms with van der Waals surface area (Å²) >= 11 is 1.56. The van der Waals surface area contributed by atoms with Gasteiger partial charge in [0.2, 0.25) is 11.0 Å². The molecule has 0 spiro atoms. The minimum absolute atomic E-state index is 0.0320. The quantitative estimate of drug-likeness (QED) is 0.773. The summed E-state index contributed by atoms with van der Waals surface area (Å²) in [6, 6.07) is 0.308. The van der Waals surface area contributed by atoms with Crippen LogP contribution in [0.1, 0.15) is 61.5 Å². The van der Waals surface area contributed by atoms with E-state index in [1.165, 1.54) is 12.8 Å². The van der Waals surface area contributed by atoms with Crippen molar-refractivity contribution >= 4 is 11.8 Å². The van der Waals surface area contributed by atoms with Crippen molar-refractivity contribution in [1.82, 2.24) is 30.3 Å². The van der Waals surface area contributed by atoms with Gasteiger partial charge in [0.1, 0.15) is 0 Å². The van der Waals surface area contributed by atoms with Gasteiger partial charge >= 0.3 is 0 Å². The van der Waals surface area contributed by atoms with Crippen LogP contribution >= 0.6 is 11.8 Å². The maximum absolute atomic E-state index is 5.40. The Morgan fingerprint density at radius 2 is 2.05 bits per heavy atom. The Morgan fingerprint density at radius 1 is 1.23 bits per heavy atom. The maximum Gasteiger partial charge on any atom is 0.239 e. The van der Waals surface area contributed by atoms with E-state index in [0.29, 0.717) is 17.9 Å².